The Morgan fingerprint density at radius 2 is 1.10 bits per heavy atom. The highest BCUT2D eigenvalue weighted by Crippen LogP contribution is 2.25. The second kappa shape index (κ2) is 18.5. The number of ether oxygens (including phenoxy) is 2. The van der Waals surface area contributed by atoms with Crippen molar-refractivity contribution in [2.24, 2.45) is 5.92 Å². The van der Waals surface area contributed by atoms with Gasteiger partial charge in [-0.15, -0.1) is 0 Å². The molecule has 0 aromatic heterocycles. The van der Waals surface area contributed by atoms with Gasteiger partial charge in [0.25, 0.3) is 0 Å². The van der Waals surface area contributed by atoms with Crippen LogP contribution in [0.25, 0.3) is 0 Å². The minimum atomic E-state index is -2.54. The molecule has 0 heterocycles. The summed E-state index contributed by atoms with van der Waals surface area (Å²) in [5.41, 5.74) is 0. The average molecular weight is 486 g/mol. The Kier molecular flexibility index (Phi) is 18.5. The molecule has 0 aliphatic heterocycles. The van der Waals surface area contributed by atoms with E-state index in [1.165, 1.54) is 0 Å². The van der Waals surface area contributed by atoms with Gasteiger partial charge in [-0.05, 0) is 38.6 Å². The van der Waals surface area contributed by atoms with E-state index in [1.54, 1.807) is 49.8 Å². The van der Waals surface area contributed by atoms with E-state index in [0.717, 1.165) is 50.9 Å². The van der Waals surface area contributed by atoms with Gasteiger partial charge >= 0.3 is 17.6 Å². The van der Waals surface area contributed by atoms with Crippen molar-refractivity contribution in [2.45, 2.75) is 37.8 Å². The second-order valence-electron chi connectivity index (χ2n) is 7.61. The first-order valence-electron chi connectivity index (χ1n) is 11.0. The van der Waals surface area contributed by atoms with Crippen LogP contribution in [-0.4, -0.2) is 112 Å². The molecule has 0 amide bonds. The third kappa shape index (κ3) is 12.8. The van der Waals surface area contributed by atoms with Crippen LogP contribution in [-0.2, 0) is 36.0 Å². The number of rotatable bonds is 22. The second-order valence-corrected chi connectivity index (χ2v) is 13.8. The fraction of sp³-hybridized carbons (Fsp3) is 1.00. The molecule has 0 saturated heterocycles. The zero-order valence-corrected chi connectivity index (χ0v) is 23.1. The lowest BCUT2D eigenvalue weighted by Gasteiger charge is -2.28. The van der Waals surface area contributed by atoms with Gasteiger partial charge in [0.2, 0.25) is 0 Å². The number of hydrogen-bond donors (Lipinski definition) is 0. The van der Waals surface area contributed by atoms with Crippen LogP contribution in [0.5, 0.6) is 0 Å². The van der Waals surface area contributed by atoms with Gasteiger partial charge in [-0.2, -0.15) is 0 Å². The number of nitrogens with zero attached hydrogens (tertiary/aromatic N) is 1. The molecule has 0 N–H and O–H groups in total. The van der Waals surface area contributed by atoms with Crippen LogP contribution in [0.15, 0.2) is 0 Å². The number of methoxy groups -OCH3 is 1. The van der Waals surface area contributed by atoms with Gasteiger partial charge in [-0.3, -0.25) is 0 Å². The Morgan fingerprint density at radius 3 is 1.48 bits per heavy atom. The molecular weight excluding hydrogens is 438 g/mol. The third-order valence-corrected chi connectivity index (χ3v) is 11.3. The topological polar surface area (TPSA) is 77.1 Å². The summed E-state index contributed by atoms with van der Waals surface area (Å²) in [6.07, 6.45) is 4.13. The van der Waals surface area contributed by atoms with Gasteiger partial charge in [0.05, 0.1) is 19.8 Å². The third-order valence-electron chi connectivity index (χ3n) is 5.68. The summed E-state index contributed by atoms with van der Waals surface area (Å²) in [6, 6.07) is 1.62. The minimum Gasteiger partial charge on any atom is -0.382 e. The van der Waals surface area contributed by atoms with Crippen molar-refractivity contribution in [3.63, 3.8) is 0 Å². The Labute approximate surface area is 192 Å². The molecule has 0 aliphatic rings. The molecule has 0 atom stereocenters. The minimum absolute atomic E-state index is 0.526. The van der Waals surface area contributed by atoms with Gasteiger partial charge in [-0.1, -0.05) is 0 Å². The molecule has 0 unspecified atom stereocenters. The van der Waals surface area contributed by atoms with E-state index in [9.17, 15) is 0 Å². The SMILES string of the molecule is COCCOCCN(C)CC(CCC[Si](OC)(OC)OC)CCC[Si](OC)(OC)OC. The summed E-state index contributed by atoms with van der Waals surface area (Å²) in [5.74, 6) is 0.526. The van der Waals surface area contributed by atoms with E-state index in [1.807, 2.05) is 0 Å². The molecule has 0 bridgehead atoms. The van der Waals surface area contributed by atoms with Crippen LogP contribution >= 0.6 is 0 Å². The maximum absolute atomic E-state index is 5.61. The summed E-state index contributed by atoms with van der Waals surface area (Å²) in [7, 11) is 8.75. The van der Waals surface area contributed by atoms with Crippen molar-refractivity contribution < 1.29 is 36.0 Å². The van der Waals surface area contributed by atoms with Crippen molar-refractivity contribution in [2.75, 3.05) is 89.7 Å². The Bertz CT molecular complexity index is 372. The quantitative estimate of drug-likeness (QED) is 0.170. The van der Waals surface area contributed by atoms with Crippen LogP contribution in [0.1, 0.15) is 25.7 Å². The summed E-state index contributed by atoms with van der Waals surface area (Å²) < 4.78 is 44.0. The average Bonchev–Trinajstić information content (AvgIpc) is 2.80. The molecule has 0 fully saturated rings. The Hall–Kier alpha value is 0.0738. The van der Waals surface area contributed by atoms with E-state index in [-0.39, 0.29) is 0 Å². The molecule has 0 aliphatic carbocycles. The maximum Gasteiger partial charge on any atom is 0.500 e. The van der Waals surface area contributed by atoms with Crippen LogP contribution in [0.4, 0.5) is 0 Å². The Morgan fingerprint density at radius 1 is 0.645 bits per heavy atom. The first-order valence-corrected chi connectivity index (χ1v) is 14.8. The fourth-order valence-corrected chi connectivity index (χ4v) is 7.15. The monoisotopic (exact) mass is 485 g/mol. The highest BCUT2D eigenvalue weighted by Gasteiger charge is 2.38. The van der Waals surface area contributed by atoms with Crippen molar-refractivity contribution in [3.05, 3.63) is 0 Å². The maximum atomic E-state index is 5.61. The number of hydrogen-bond acceptors (Lipinski definition) is 9. The molecule has 0 aromatic rings. The predicted molar refractivity (Wildman–Crippen MR) is 125 cm³/mol. The summed E-state index contributed by atoms with van der Waals surface area (Å²) in [4.78, 5) is 2.33. The van der Waals surface area contributed by atoms with Crippen LogP contribution in [0.3, 0.4) is 0 Å². The van der Waals surface area contributed by atoms with Crippen molar-refractivity contribution in [3.8, 4) is 0 Å². The molecule has 31 heavy (non-hydrogen) atoms. The van der Waals surface area contributed by atoms with E-state index in [0.29, 0.717) is 25.7 Å². The molecule has 0 rings (SSSR count). The van der Waals surface area contributed by atoms with Crippen LogP contribution in [0, 0.1) is 5.92 Å². The molecule has 0 saturated carbocycles. The molecule has 11 heteroatoms. The zero-order chi connectivity index (χ0) is 23.6. The molecule has 188 valence electrons. The lowest BCUT2D eigenvalue weighted by Crippen LogP contribution is -2.43. The van der Waals surface area contributed by atoms with E-state index in [2.05, 4.69) is 11.9 Å². The predicted octanol–water partition coefficient (Wildman–Crippen LogP) is 2.51. The first-order chi connectivity index (χ1) is 14.9. The highest BCUT2D eigenvalue weighted by atomic mass is 28.4. The van der Waals surface area contributed by atoms with Gasteiger partial charge < -0.3 is 40.9 Å². The molecule has 0 radical (unpaired) electrons. The van der Waals surface area contributed by atoms with Crippen molar-refractivity contribution >= 4 is 17.6 Å². The fourth-order valence-electron chi connectivity index (χ4n) is 3.65. The summed E-state index contributed by atoms with van der Waals surface area (Å²) in [5, 5.41) is 0. The summed E-state index contributed by atoms with van der Waals surface area (Å²) in [6.45, 7) is 3.84. The van der Waals surface area contributed by atoms with E-state index in [4.69, 9.17) is 36.0 Å². The highest BCUT2D eigenvalue weighted by molar-refractivity contribution is 6.60. The van der Waals surface area contributed by atoms with E-state index >= 15 is 0 Å². The lowest BCUT2D eigenvalue weighted by molar-refractivity contribution is 0.0582. The van der Waals surface area contributed by atoms with Crippen LogP contribution < -0.4 is 0 Å². The Balaban J connectivity index is 4.72. The smallest absolute Gasteiger partial charge is 0.382 e. The molecule has 0 aromatic carbocycles. The van der Waals surface area contributed by atoms with E-state index < -0.39 is 17.6 Å². The van der Waals surface area contributed by atoms with Crippen LogP contribution in [0.2, 0.25) is 12.1 Å². The van der Waals surface area contributed by atoms with Gasteiger partial charge in [0.1, 0.15) is 0 Å². The molecular formula is C20H47NO8Si2. The van der Waals surface area contributed by atoms with Gasteiger partial charge in [0.15, 0.2) is 0 Å². The van der Waals surface area contributed by atoms with Gasteiger partial charge in [0, 0.05) is 74.9 Å². The van der Waals surface area contributed by atoms with Gasteiger partial charge in [-0.25, -0.2) is 0 Å². The molecule has 0 spiro atoms. The first kappa shape index (κ1) is 31.1. The normalized spacial score (nSPS) is 13.0. The number of likely N-dealkylation sites (N-methyl/N-ethyl adjacent to an activating group) is 1. The largest absolute Gasteiger partial charge is 0.500 e. The standard InChI is InChI=1S/C20H47NO8Si2/c1-21(13-14-29-16-15-22-2)19-20(11-9-17-30(23-3,24-4)25-5)12-10-18-31(26-6,27-7)28-8/h20H,9-19H2,1-8H3. The zero-order valence-electron chi connectivity index (χ0n) is 21.1. The molecule has 9 nitrogen and oxygen atoms in total. The van der Waals surface area contributed by atoms with Crippen molar-refractivity contribution in [1.29, 1.82) is 0 Å². The lowest BCUT2D eigenvalue weighted by atomic mass is 9.98. The van der Waals surface area contributed by atoms with Crippen molar-refractivity contribution in [1.82, 2.24) is 4.90 Å². The summed E-state index contributed by atoms with van der Waals surface area (Å²) >= 11 is 0.